The van der Waals surface area contributed by atoms with Crippen LogP contribution in [0.25, 0.3) is 0 Å². The highest BCUT2D eigenvalue weighted by Crippen LogP contribution is 2.26. The number of hydrogen-bond donors (Lipinski definition) is 8. The van der Waals surface area contributed by atoms with Gasteiger partial charge < -0.3 is 47.5 Å². The Bertz CT molecular complexity index is 1980. The number of imidazole rings is 1. The number of guanidine groups is 1. The first-order chi connectivity index (χ1) is 31.2. The summed E-state index contributed by atoms with van der Waals surface area (Å²) in [6.07, 6.45) is 4.81. The number of phenolic OH excluding ortho intramolecular Hbond substituents is 1. The van der Waals surface area contributed by atoms with E-state index in [0.717, 1.165) is 0 Å². The average molecular weight is 922 g/mol. The van der Waals surface area contributed by atoms with Crippen molar-refractivity contribution in [3.05, 3.63) is 48.0 Å². The molecule has 364 valence electrons. The summed E-state index contributed by atoms with van der Waals surface area (Å²) in [5, 5.41) is 28.0. The van der Waals surface area contributed by atoms with E-state index in [4.69, 9.17) is 11.5 Å². The molecule has 0 saturated carbocycles. The highest BCUT2D eigenvalue weighted by atomic mass is 16.4. The van der Waals surface area contributed by atoms with Crippen LogP contribution in [0.3, 0.4) is 0 Å². The fraction of sp³-hybridized carbons (Fsp3) is 0.617. The van der Waals surface area contributed by atoms with Gasteiger partial charge in [-0.1, -0.05) is 60.1 Å². The van der Waals surface area contributed by atoms with Gasteiger partial charge in [0, 0.05) is 68.9 Å². The van der Waals surface area contributed by atoms with Crippen LogP contribution in [-0.4, -0.2) is 115 Å². The number of carboxylic acid groups (broad SMARTS) is 1. The number of phenols is 1. The maximum Gasteiger partial charge on any atom is 0.306 e. The molecule has 0 spiro atoms. The summed E-state index contributed by atoms with van der Waals surface area (Å²) in [7, 11) is 0. The van der Waals surface area contributed by atoms with E-state index < -0.39 is 71.4 Å². The van der Waals surface area contributed by atoms with Gasteiger partial charge in [0.2, 0.25) is 23.6 Å². The van der Waals surface area contributed by atoms with Crippen molar-refractivity contribution in [2.45, 2.75) is 143 Å². The standard InChI is InChI=1S/C47H71N9O10/c1-7-11-42(61)53-35(12-9-18-51-47(48)49)39(58)23-33(27(3)4)43(62)54-36(21-30-14-16-32(57)17-15-30)40(59)24-34(28(5)8-2)44(63)55-37(22-31-25-50-26-52-31)45(64)56-19-10-13-38(56)41(60)20-29(6)46(65)66/h14-17,25-29,33-38,57H,7-13,18-24H2,1-6H3,(H,50,52)(H,53,61)(H,54,62)(H,55,63)(H,65,66)(H4,48,49,51)/t28?,29-,33-,34-,35-,36-,37-,38-/m0/s1. The van der Waals surface area contributed by atoms with E-state index in [0.29, 0.717) is 43.4 Å². The van der Waals surface area contributed by atoms with E-state index >= 15 is 0 Å². The predicted octanol–water partition coefficient (Wildman–Crippen LogP) is 2.73. The number of aromatic nitrogens is 2. The van der Waals surface area contributed by atoms with Gasteiger partial charge in [-0.3, -0.25) is 43.3 Å². The molecular formula is C47H71N9O10. The Labute approximate surface area is 387 Å². The second-order valence-corrected chi connectivity index (χ2v) is 17.9. The molecule has 10 N–H and O–H groups in total. The normalized spacial score (nSPS) is 16.8. The fourth-order valence-corrected chi connectivity index (χ4v) is 8.07. The highest BCUT2D eigenvalue weighted by molar-refractivity contribution is 5.97. The number of aromatic amines is 1. The third-order valence-electron chi connectivity index (χ3n) is 12.3. The molecule has 1 aliphatic rings. The first kappa shape index (κ1) is 54.2. The van der Waals surface area contributed by atoms with E-state index in [2.05, 4.69) is 30.9 Å². The largest absolute Gasteiger partial charge is 0.508 e. The molecular weight excluding hydrogens is 851 g/mol. The third kappa shape index (κ3) is 17.0. The molecule has 0 aliphatic carbocycles. The number of rotatable bonds is 29. The molecule has 0 radical (unpaired) electrons. The smallest absolute Gasteiger partial charge is 0.306 e. The molecule has 1 aromatic carbocycles. The minimum atomic E-state index is -1.18. The van der Waals surface area contributed by atoms with Crippen LogP contribution in [0, 0.1) is 29.6 Å². The minimum Gasteiger partial charge on any atom is -0.508 e. The number of nitrogens with one attached hydrogen (secondary N) is 4. The minimum absolute atomic E-state index is 0.00454. The van der Waals surface area contributed by atoms with Gasteiger partial charge >= 0.3 is 5.97 Å². The van der Waals surface area contributed by atoms with Crippen LogP contribution in [0.4, 0.5) is 0 Å². The summed E-state index contributed by atoms with van der Waals surface area (Å²) in [5.41, 5.74) is 12.0. The average Bonchev–Trinajstić information content (AvgIpc) is 3.98. The number of amides is 4. The van der Waals surface area contributed by atoms with Gasteiger partial charge in [0.05, 0.1) is 30.4 Å². The molecule has 2 aromatic rings. The van der Waals surface area contributed by atoms with Crippen molar-refractivity contribution < 1.29 is 48.6 Å². The molecule has 3 rings (SSSR count). The van der Waals surface area contributed by atoms with Gasteiger partial charge in [-0.15, -0.1) is 0 Å². The van der Waals surface area contributed by atoms with Crippen LogP contribution in [0.2, 0.25) is 0 Å². The summed E-state index contributed by atoms with van der Waals surface area (Å²) in [6, 6.07) is 2.01. The zero-order chi connectivity index (χ0) is 49.1. The Kier molecular flexibility index (Phi) is 21.9. The molecule has 1 fully saturated rings. The Hall–Kier alpha value is -6.14. The van der Waals surface area contributed by atoms with Crippen LogP contribution in [0.15, 0.2) is 41.8 Å². The van der Waals surface area contributed by atoms with Gasteiger partial charge in [0.1, 0.15) is 11.8 Å². The highest BCUT2D eigenvalue weighted by Gasteiger charge is 2.40. The number of likely N-dealkylation sites (tertiary alicyclic amines) is 1. The molecule has 0 bridgehead atoms. The molecule has 19 nitrogen and oxygen atoms in total. The lowest BCUT2D eigenvalue weighted by Crippen LogP contribution is -2.54. The molecule has 2 heterocycles. The molecule has 4 amide bonds. The summed E-state index contributed by atoms with van der Waals surface area (Å²) in [4.78, 5) is 121. The summed E-state index contributed by atoms with van der Waals surface area (Å²) in [5.74, 6) is -8.04. The van der Waals surface area contributed by atoms with E-state index in [-0.39, 0.29) is 99.1 Å². The SMILES string of the molecule is CCCC(=O)N[C@@H](CCCN=C(N)N)C(=O)C[C@H](C(=O)N[C@@H](Cc1ccc(O)cc1)C(=O)C[C@H](C(=O)N[C@@H](Cc1cnc[nH]1)C(=O)N1CCC[C@H]1C(=O)C[C@H](C)C(=O)O)C(C)CC)C(C)C. The maximum atomic E-state index is 14.6. The summed E-state index contributed by atoms with van der Waals surface area (Å²) >= 11 is 0. The van der Waals surface area contributed by atoms with Crippen LogP contribution in [0.5, 0.6) is 5.75 Å². The number of Topliss-reactive ketones (excluding diaryl/α,β-unsaturated/α-hetero) is 3. The number of H-pyrrole nitrogens is 1. The molecule has 1 aromatic heterocycles. The number of aliphatic carboxylic acids is 1. The molecule has 66 heavy (non-hydrogen) atoms. The predicted molar refractivity (Wildman–Crippen MR) is 246 cm³/mol. The van der Waals surface area contributed by atoms with E-state index in [9.17, 15) is 48.6 Å². The van der Waals surface area contributed by atoms with Crippen LogP contribution < -0.4 is 27.4 Å². The lowest BCUT2D eigenvalue weighted by Gasteiger charge is -2.31. The third-order valence-corrected chi connectivity index (χ3v) is 12.3. The van der Waals surface area contributed by atoms with E-state index in [1.165, 1.54) is 36.5 Å². The van der Waals surface area contributed by atoms with Gasteiger partial charge in [-0.25, -0.2) is 4.98 Å². The fourth-order valence-electron chi connectivity index (χ4n) is 8.07. The summed E-state index contributed by atoms with van der Waals surface area (Å²) < 4.78 is 0. The number of carbonyl (C=O) groups excluding carboxylic acids is 7. The number of hydrogen-bond acceptors (Lipinski definition) is 11. The number of aliphatic imine (C=N–C) groups is 1. The lowest BCUT2D eigenvalue weighted by atomic mass is 9.83. The van der Waals surface area contributed by atoms with Gasteiger partial charge in [0.15, 0.2) is 23.3 Å². The quantitative estimate of drug-likeness (QED) is 0.0331. The van der Waals surface area contributed by atoms with Crippen LogP contribution in [0.1, 0.15) is 117 Å². The number of aromatic hydroxyl groups is 1. The van der Waals surface area contributed by atoms with Crippen molar-refractivity contribution in [1.29, 1.82) is 0 Å². The Balaban J connectivity index is 1.91. The van der Waals surface area contributed by atoms with Crippen molar-refractivity contribution in [2.75, 3.05) is 13.1 Å². The first-order valence-corrected chi connectivity index (χ1v) is 23.1. The molecule has 1 saturated heterocycles. The molecule has 8 atom stereocenters. The number of ketones is 3. The number of nitrogens with zero attached hydrogens (tertiary/aromatic N) is 3. The Morgan fingerprint density at radius 3 is 2.09 bits per heavy atom. The molecule has 1 aliphatic heterocycles. The van der Waals surface area contributed by atoms with Crippen LogP contribution in [-0.2, 0) is 51.2 Å². The van der Waals surface area contributed by atoms with Crippen molar-refractivity contribution in [1.82, 2.24) is 30.8 Å². The van der Waals surface area contributed by atoms with E-state index in [1.54, 1.807) is 26.0 Å². The lowest BCUT2D eigenvalue weighted by molar-refractivity contribution is -0.145. The monoisotopic (exact) mass is 922 g/mol. The molecule has 19 heteroatoms. The van der Waals surface area contributed by atoms with Gasteiger partial charge in [-0.2, -0.15) is 0 Å². The number of carboxylic acids is 1. The molecule has 1 unspecified atom stereocenters. The zero-order valence-corrected chi connectivity index (χ0v) is 39.2. The number of benzene rings is 1. The second kappa shape index (κ2) is 26.7. The second-order valence-electron chi connectivity index (χ2n) is 17.9. The van der Waals surface area contributed by atoms with Crippen LogP contribution >= 0.6 is 0 Å². The van der Waals surface area contributed by atoms with Crippen molar-refractivity contribution >= 4 is 52.9 Å². The summed E-state index contributed by atoms with van der Waals surface area (Å²) in [6.45, 7) is 11.0. The van der Waals surface area contributed by atoms with Crippen molar-refractivity contribution in [3.8, 4) is 5.75 Å². The number of nitrogens with two attached hydrogens (primary N) is 2. The topological polar surface area (TPSA) is 309 Å². The Morgan fingerprint density at radius 2 is 1.50 bits per heavy atom. The van der Waals surface area contributed by atoms with E-state index in [1.807, 2.05) is 20.8 Å². The first-order valence-electron chi connectivity index (χ1n) is 23.1. The zero-order valence-electron chi connectivity index (χ0n) is 39.2. The Morgan fingerprint density at radius 1 is 0.864 bits per heavy atom. The van der Waals surface area contributed by atoms with Gasteiger partial charge in [0.25, 0.3) is 0 Å². The number of carbonyl (C=O) groups is 8. The van der Waals surface area contributed by atoms with Crippen molar-refractivity contribution in [3.63, 3.8) is 0 Å². The van der Waals surface area contributed by atoms with Crippen molar-refractivity contribution in [2.24, 2.45) is 46.0 Å². The maximum absolute atomic E-state index is 14.6. The van der Waals surface area contributed by atoms with Gasteiger partial charge in [-0.05, 0) is 68.1 Å².